The molecule has 1 rings (SSSR count). The maximum atomic E-state index is 11.5. The SMILES string of the molecule is Cc1cc(C(C)(C)C)ccc1CN(C)C(=O)CS. The van der Waals surface area contributed by atoms with Crippen LogP contribution in [0.2, 0.25) is 0 Å². The molecule has 0 spiro atoms. The van der Waals surface area contributed by atoms with Crippen molar-refractivity contribution in [2.24, 2.45) is 0 Å². The Morgan fingerprint density at radius 2 is 1.94 bits per heavy atom. The van der Waals surface area contributed by atoms with Gasteiger partial charge in [0.25, 0.3) is 0 Å². The summed E-state index contributed by atoms with van der Waals surface area (Å²) in [5, 5.41) is 0. The fourth-order valence-corrected chi connectivity index (χ4v) is 2.05. The van der Waals surface area contributed by atoms with Crippen molar-refractivity contribution in [3.63, 3.8) is 0 Å². The quantitative estimate of drug-likeness (QED) is 0.832. The third-order valence-corrected chi connectivity index (χ3v) is 3.45. The molecule has 0 fully saturated rings. The Balaban J connectivity index is 2.90. The summed E-state index contributed by atoms with van der Waals surface area (Å²) in [4.78, 5) is 13.2. The number of hydrogen-bond acceptors (Lipinski definition) is 2. The monoisotopic (exact) mass is 265 g/mol. The molecule has 0 saturated heterocycles. The zero-order valence-corrected chi connectivity index (χ0v) is 12.8. The van der Waals surface area contributed by atoms with E-state index in [1.165, 1.54) is 16.7 Å². The zero-order chi connectivity index (χ0) is 13.9. The second-order valence-corrected chi connectivity index (χ2v) is 6.12. The van der Waals surface area contributed by atoms with E-state index in [1.807, 2.05) is 7.05 Å². The fraction of sp³-hybridized carbons (Fsp3) is 0.533. The molecule has 0 N–H and O–H groups in total. The van der Waals surface area contributed by atoms with Crippen LogP contribution in [0.3, 0.4) is 0 Å². The molecule has 0 aliphatic rings. The number of aryl methyl sites for hydroxylation is 1. The maximum absolute atomic E-state index is 11.5. The molecule has 0 saturated carbocycles. The predicted molar refractivity (Wildman–Crippen MR) is 80.2 cm³/mol. The van der Waals surface area contributed by atoms with E-state index < -0.39 is 0 Å². The Kier molecular flexibility index (Phi) is 4.85. The molecule has 0 unspecified atom stereocenters. The predicted octanol–water partition coefficient (Wildman–Crippen LogP) is 3.18. The number of benzene rings is 1. The van der Waals surface area contributed by atoms with E-state index in [0.29, 0.717) is 6.54 Å². The third kappa shape index (κ3) is 3.77. The first-order chi connectivity index (χ1) is 8.25. The van der Waals surface area contributed by atoms with Crippen molar-refractivity contribution >= 4 is 18.5 Å². The molecule has 1 aromatic carbocycles. The van der Waals surface area contributed by atoms with Gasteiger partial charge in [0, 0.05) is 13.6 Å². The molecule has 0 aliphatic heterocycles. The smallest absolute Gasteiger partial charge is 0.232 e. The summed E-state index contributed by atoms with van der Waals surface area (Å²) in [6.45, 7) is 9.37. The molecule has 3 heteroatoms. The highest BCUT2D eigenvalue weighted by Crippen LogP contribution is 2.24. The summed E-state index contributed by atoms with van der Waals surface area (Å²) in [5.41, 5.74) is 3.92. The Hall–Kier alpha value is -0.960. The number of amides is 1. The van der Waals surface area contributed by atoms with Crippen LogP contribution in [0.15, 0.2) is 18.2 Å². The van der Waals surface area contributed by atoms with Crippen LogP contribution in [0.5, 0.6) is 0 Å². The summed E-state index contributed by atoms with van der Waals surface area (Å²) < 4.78 is 0. The third-order valence-electron chi connectivity index (χ3n) is 3.18. The van der Waals surface area contributed by atoms with Crippen LogP contribution in [-0.2, 0) is 16.8 Å². The minimum Gasteiger partial charge on any atom is -0.341 e. The van der Waals surface area contributed by atoms with Gasteiger partial charge in [0.15, 0.2) is 0 Å². The highest BCUT2D eigenvalue weighted by Gasteiger charge is 2.15. The Labute approximate surface area is 116 Å². The summed E-state index contributed by atoms with van der Waals surface area (Å²) in [5.74, 6) is 0.313. The molecule has 0 heterocycles. The van der Waals surface area contributed by atoms with Crippen LogP contribution in [0.25, 0.3) is 0 Å². The number of nitrogens with zero attached hydrogens (tertiary/aromatic N) is 1. The van der Waals surface area contributed by atoms with Gasteiger partial charge in [0.05, 0.1) is 5.75 Å². The van der Waals surface area contributed by atoms with Gasteiger partial charge >= 0.3 is 0 Å². The molecule has 0 aromatic heterocycles. The zero-order valence-electron chi connectivity index (χ0n) is 11.9. The highest BCUT2D eigenvalue weighted by atomic mass is 32.1. The first-order valence-corrected chi connectivity index (χ1v) is 6.83. The van der Waals surface area contributed by atoms with Gasteiger partial charge in [-0.15, -0.1) is 0 Å². The van der Waals surface area contributed by atoms with E-state index in [9.17, 15) is 4.79 Å². The Morgan fingerprint density at radius 1 is 1.33 bits per heavy atom. The minimum absolute atomic E-state index is 0.0534. The maximum Gasteiger partial charge on any atom is 0.232 e. The van der Waals surface area contributed by atoms with Crippen molar-refractivity contribution in [2.45, 2.75) is 39.7 Å². The van der Waals surface area contributed by atoms with Crippen LogP contribution in [0.1, 0.15) is 37.5 Å². The lowest BCUT2D eigenvalue weighted by Gasteiger charge is -2.22. The topological polar surface area (TPSA) is 20.3 Å². The molecule has 100 valence electrons. The van der Waals surface area contributed by atoms with Gasteiger partial charge in [-0.3, -0.25) is 4.79 Å². The van der Waals surface area contributed by atoms with Crippen molar-refractivity contribution < 1.29 is 4.79 Å². The Bertz CT molecular complexity index is 435. The molecule has 18 heavy (non-hydrogen) atoms. The normalized spacial score (nSPS) is 11.4. The van der Waals surface area contributed by atoms with Gasteiger partial charge in [-0.1, -0.05) is 39.0 Å². The van der Waals surface area contributed by atoms with Crippen LogP contribution in [0, 0.1) is 6.92 Å². The van der Waals surface area contributed by atoms with Crippen molar-refractivity contribution in [1.82, 2.24) is 4.90 Å². The number of rotatable bonds is 3. The first kappa shape index (κ1) is 15.1. The van der Waals surface area contributed by atoms with Gasteiger partial charge in [-0.2, -0.15) is 12.6 Å². The molecule has 0 aliphatic carbocycles. The molecular weight excluding hydrogens is 242 g/mol. The van der Waals surface area contributed by atoms with Gasteiger partial charge in [-0.25, -0.2) is 0 Å². The van der Waals surface area contributed by atoms with Crippen LogP contribution in [0.4, 0.5) is 0 Å². The van der Waals surface area contributed by atoms with Gasteiger partial charge < -0.3 is 4.90 Å². The number of hydrogen-bond donors (Lipinski definition) is 1. The average molecular weight is 265 g/mol. The van der Waals surface area contributed by atoms with E-state index >= 15 is 0 Å². The second kappa shape index (κ2) is 5.79. The summed E-state index contributed by atoms with van der Waals surface area (Å²) in [6, 6.07) is 6.49. The standard InChI is InChI=1S/C15H23NOS/c1-11-8-13(15(2,3)4)7-6-12(11)9-16(5)14(17)10-18/h6-8,18H,9-10H2,1-5H3. The van der Waals surface area contributed by atoms with Crippen molar-refractivity contribution in [2.75, 3.05) is 12.8 Å². The molecular formula is C15H23NOS. The lowest BCUT2D eigenvalue weighted by atomic mass is 9.85. The minimum atomic E-state index is 0.0534. The largest absolute Gasteiger partial charge is 0.341 e. The van der Waals surface area contributed by atoms with Gasteiger partial charge in [-0.05, 0) is 29.0 Å². The van der Waals surface area contributed by atoms with Crippen LogP contribution >= 0.6 is 12.6 Å². The number of carbonyl (C=O) groups is 1. The second-order valence-electron chi connectivity index (χ2n) is 5.80. The molecule has 1 aromatic rings. The van der Waals surface area contributed by atoms with Crippen molar-refractivity contribution in [3.8, 4) is 0 Å². The molecule has 0 bridgehead atoms. The van der Waals surface area contributed by atoms with E-state index in [1.54, 1.807) is 4.90 Å². The van der Waals surface area contributed by atoms with Crippen molar-refractivity contribution in [3.05, 3.63) is 34.9 Å². The Morgan fingerprint density at radius 3 is 2.39 bits per heavy atom. The van der Waals surface area contributed by atoms with Gasteiger partial charge in [0.1, 0.15) is 0 Å². The summed E-state index contributed by atoms with van der Waals surface area (Å²) in [7, 11) is 1.82. The number of carbonyl (C=O) groups excluding carboxylic acids is 1. The van der Waals surface area contributed by atoms with E-state index in [0.717, 1.165) is 0 Å². The van der Waals surface area contributed by atoms with Crippen LogP contribution in [-0.4, -0.2) is 23.6 Å². The number of thiol groups is 1. The molecule has 0 atom stereocenters. The molecule has 0 radical (unpaired) electrons. The molecule has 1 amide bonds. The first-order valence-electron chi connectivity index (χ1n) is 6.20. The lowest BCUT2D eigenvalue weighted by Crippen LogP contribution is -2.27. The molecule has 2 nitrogen and oxygen atoms in total. The van der Waals surface area contributed by atoms with E-state index in [2.05, 4.69) is 58.5 Å². The van der Waals surface area contributed by atoms with Gasteiger partial charge in [0.2, 0.25) is 5.91 Å². The highest BCUT2D eigenvalue weighted by molar-refractivity contribution is 7.81. The van der Waals surface area contributed by atoms with Crippen LogP contribution < -0.4 is 0 Å². The lowest BCUT2D eigenvalue weighted by molar-refractivity contribution is -0.127. The van der Waals surface area contributed by atoms with Crippen molar-refractivity contribution in [1.29, 1.82) is 0 Å². The summed E-state index contributed by atoms with van der Waals surface area (Å²) in [6.07, 6.45) is 0. The fourth-order valence-electron chi connectivity index (χ4n) is 1.80. The average Bonchev–Trinajstić information content (AvgIpc) is 2.29. The van der Waals surface area contributed by atoms with E-state index in [4.69, 9.17) is 0 Å². The summed E-state index contributed by atoms with van der Waals surface area (Å²) >= 11 is 4.01. The van der Waals surface area contributed by atoms with E-state index in [-0.39, 0.29) is 17.1 Å².